The van der Waals surface area contributed by atoms with Gasteiger partial charge in [0.25, 0.3) is 0 Å². The maximum atomic E-state index is 13.6. The summed E-state index contributed by atoms with van der Waals surface area (Å²) in [6.45, 7) is 2.06. The molecule has 0 fully saturated rings. The van der Waals surface area contributed by atoms with Crippen molar-refractivity contribution in [3.8, 4) is 0 Å². The van der Waals surface area contributed by atoms with Gasteiger partial charge in [-0.1, -0.05) is 23.7 Å². The minimum absolute atomic E-state index is 0.0877. The monoisotopic (exact) mass is 267 g/mol. The first-order chi connectivity index (χ1) is 8.56. The van der Waals surface area contributed by atoms with Crippen LogP contribution in [-0.4, -0.2) is 0 Å². The Morgan fingerprint density at radius 3 is 2.67 bits per heavy atom. The molecule has 0 aliphatic rings. The highest BCUT2D eigenvalue weighted by molar-refractivity contribution is 6.30. The Labute approximate surface area is 109 Å². The van der Waals surface area contributed by atoms with Crippen LogP contribution in [0.25, 0.3) is 0 Å². The van der Waals surface area contributed by atoms with Crippen LogP contribution in [0.2, 0.25) is 5.02 Å². The van der Waals surface area contributed by atoms with E-state index in [1.165, 1.54) is 18.2 Å². The van der Waals surface area contributed by atoms with Crippen molar-refractivity contribution >= 4 is 17.3 Å². The zero-order valence-electron chi connectivity index (χ0n) is 9.81. The fourth-order valence-electron chi connectivity index (χ4n) is 1.72. The quantitative estimate of drug-likeness (QED) is 0.861. The number of hydrogen-bond acceptors (Lipinski definition) is 1. The number of anilines is 1. The zero-order chi connectivity index (χ0) is 13.1. The van der Waals surface area contributed by atoms with E-state index in [0.717, 1.165) is 5.56 Å². The molecule has 1 N–H and O–H groups in total. The third-order valence-corrected chi connectivity index (χ3v) is 2.85. The molecule has 0 amide bonds. The first-order valence-corrected chi connectivity index (χ1v) is 5.88. The van der Waals surface area contributed by atoms with E-state index in [9.17, 15) is 8.78 Å². The van der Waals surface area contributed by atoms with Crippen molar-refractivity contribution in [1.82, 2.24) is 0 Å². The summed E-state index contributed by atoms with van der Waals surface area (Å²) in [5.74, 6) is -0.760. The topological polar surface area (TPSA) is 12.0 Å². The summed E-state index contributed by atoms with van der Waals surface area (Å²) in [7, 11) is 0. The minimum atomic E-state index is -0.445. The van der Waals surface area contributed by atoms with Crippen molar-refractivity contribution in [3.63, 3.8) is 0 Å². The van der Waals surface area contributed by atoms with Crippen LogP contribution in [-0.2, 0) is 6.54 Å². The second-order valence-corrected chi connectivity index (χ2v) is 4.49. The van der Waals surface area contributed by atoms with Crippen LogP contribution in [0.4, 0.5) is 14.5 Å². The molecule has 0 aliphatic heterocycles. The van der Waals surface area contributed by atoms with Gasteiger partial charge in [-0.05, 0) is 36.8 Å². The van der Waals surface area contributed by atoms with Gasteiger partial charge in [0.05, 0.1) is 5.02 Å². The summed E-state index contributed by atoms with van der Waals surface area (Å²) in [6, 6.07) is 9.42. The van der Waals surface area contributed by atoms with Gasteiger partial charge in [0.15, 0.2) is 0 Å². The number of rotatable bonds is 3. The zero-order valence-corrected chi connectivity index (χ0v) is 10.6. The molecule has 0 aliphatic carbocycles. The van der Waals surface area contributed by atoms with E-state index >= 15 is 0 Å². The molecular formula is C14H12ClF2N. The SMILES string of the molecule is Cc1cc(F)cc(NCc2cccc(Cl)c2F)c1. The molecule has 4 heteroatoms. The number of aryl methyl sites for hydroxylation is 1. The molecule has 0 bridgehead atoms. The molecule has 2 rings (SSSR count). The number of hydrogen-bond donors (Lipinski definition) is 1. The molecule has 0 unspecified atom stereocenters. The van der Waals surface area contributed by atoms with Crippen molar-refractivity contribution in [2.24, 2.45) is 0 Å². The van der Waals surface area contributed by atoms with Crippen molar-refractivity contribution in [2.45, 2.75) is 13.5 Å². The molecule has 0 saturated carbocycles. The highest BCUT2D eigenvalue weighted by atomic mass is 35.5. The standard InChI is InChI=1S/C14H12ClF2N/c1-9-5-11(16)7-12(6-9)18-8-10-3-2-4-13(15)14(10)17/h2-7,18H,8H2,1H3. The lowest BCUT2D eigenvalue weighted by atomic mass is 10.2. The van der Waals surface area contributed by atoms with Gasteiger partial charge < -0.3 is 5.32 Å². The highest BCUT2D eigenvalue weighted by Gasteiger charge is 2.06. The van der Waals surface area contributed by atoms with Crippen LogP contribution in [0.1, 0.15) is 11.1 Å². The van der Waals surface area contributed by atoms with Crippen molar-refractivity contribution in [2.75, 3.05) is 5.32 Å². The van der Waals surface area contributed by atoms with Crippen molar-refractivity contribution in [3.05, 3.63) is 64.2 Å². The Hall–Kier alpha value is -1.61. The van der Waals surface area contributed by atoms with E-state index in [1.54, 1.807) is 25.1 Å². The lowest BCUT2D eigenvalue weighted by Gasteiger charge is -2.09. The molecule has 0 spiro atoms. The fourth-order valence-corrected chi connectivity index (χ4v) is 1.91. The van der Waals surface area contributed by atoms with E-state index in [4.69, 9.17) is 11.6 Å². The highest BCUT2D eigenvalue weighted by Crippen LogP contribution is 2.20. The van der Waals surface area contributed by atoms with E-state index in [2.05, 4.69) is 5.32 Å². The van der Waals surface area contributed by atoms with Crippen LogP contribution < -0.4 is 5.32 Å². The predicted octanol–water partition coefficient (Wildman–Crippen LogP) is 4.54. The third-order valence-electron chi connectivity index (χ3n) is 2.56. The van der Waals surface area contributed by atoms with Gasteiger partial charge >= 0.3 is 0 Å². The number of nitrogens with one attached hydrogen (secondary N) is 1. The summed E-state index contributed by atoms with van der Waals surface area (Å²) in [4.78, 5) is 0. The first-order valence-electron chi connectivity index (χ1n) is 5.50. The van der Waals surface area contributed by atoms with Crippen LogP contribution in [0, 0.1) is 18.6 Å². The van der Waals surface area contributed by atoms with E-state index in [0.29, 0.717) is 11.3 Å². The maximum absolute atomic E-state index is 13.6. The lowest BCUT2D eigenvalue weighted by Crippen LogP contribution is -2.02. The normalized spacial score (nSPS) is 10.4. The molecule has 0 radical (unpaired) electrons. The molecular weight excluding hydrogens is 256 g/mol. The van der Waals surface area contributed by atoms with E-state index in [-0.39, 0.29) is 17.4 Å². The maximum Gasteiger partial charge on any atom is 0.146 e. The average Bonchev–Trinajstić information content (AvgIpc) is 2.30. The van der Waals surface area contributed by atoms with Gasteiger partial charge in [0.2, 0.25) is 0 Å². The molecule has 2 aromatic rings. The Balaban J connectivity index is 2.14. The Bertz CT molecular complexity index is 549. The van der Waals surface area contributed by atoms with Gasteiger partial charge in [-0.15, -0.1) is 0 Å². The molecule has 2 aromatic carbocycles. The molecule has 1 nitrogen and oxygen atoms in total. The second kappa shape index (κ2) is 5.36. The Morgan fingerprint density at radius 2 is 1.94 bits per heavy atom. The summed E-state index contributed by atoms with van der Waals surface area (Å²) in [5, 5.41) is 3.06. The van der Waals surface area contributed by atoms with E-state index < -0.39 is 5.82 Å². The molecule has 0 saturated heterocycles. The predicted molar refractivity (Wildman–Crippen MR) is 69.9 cm³/mol. The molecule has 18 heavy (non-hydrogen) atoms. The molecule has 0 heterocycles. The van der Waals surface area contributed by atoms with Crippen LogP contribution in [0.3, 0.4) is 0 Å². The van der Waals surface area contributed by atoms with Gasteiger partial charge in [-0.2, -0.15) is 0 Å². The summed E-state index contributed by atoms with van der Waals surface area (Å²) in [6.07, 6.45) is 0. The van der Waals surface area contributed by atoms with E-state index in [1.807, 2.05) is 0 Å². The van der Waals surface area contributed by atoms with Crippen molar-refractivity contribution < 1.29 is 8.78 Å². The minimum Gasteiger partial charge on any atom is -0.381 e. The van der Waals surface area contributed by atoms with Gasteiger partial charge in [0.1, 0.15) is 11.6 Å². The Kier molecular flexibility index (Phi) is 3.82. The van der Waals surface area contributed by atoms with Crippen LogP contribution in [0.15, 0.2) is 36.4 Å². The van der Waals surface area contributed by atoms with Gasteiger partial charge in [-0.25, -0.2) is 8.78 Å². The van der Waals surface area contributed by atoms with Crippen LogP contribution in [0.5, 0.6) is 0 Å². The van der Waals surface area contributed by atoms with Crippen LogP contribution >= 0.6 is 11.6 Å². The number of halogens is 3. The summed E-state index contributed by atoms with van der Waals surface area (Å²) < 4.78 is 26.8. The lowest BCUT2D eigenvalue weighted by molar-refractivity contribution is 0.613. The molecule has 0 atom stereocenters. The van der Waals surface area contributed by atoms with Crippen molar-refractivity contribution in [1.29, 1.82) is 0 Å². The average molecular weight is 268 g/mol. The smallest absolute Gasteiger partial charge is 0.146 e. The first kappa shape index (κ1) is 12.8. The molecule has 94 valence electrons. The largest absolute Gasteiger partial charge is 0.381 e. The van der Waals surface area contributed by atoms with Gasteiger partial charge in [0, 0.05) is 17.8 Å². The summed E-state index contributed by atoms with van der Waals surface area (Å²) in [5.41, 5.74) is 1.88. The summed E-state index contributed by atoms with van der Waals surface area (Å²) >= 11 is 5.68. The fraction of sp³-hybridized carbons (Fsp3) is 0.143. The second-order valence-electron chi connectivity index (χ2n) is 4.08. The van der Waals surface area contributed by atoms with Gasteiger partial charge in [-0.3, -0.25) is 0 Å². The molecule has 0 aromatic heterocycles. The number of benzene rings is 2. The Morgan fingerprint density at radius 1 is 1.17 bits per heavy atom. The third kappa shape index (κ3) is 2.99.